The summed E-state index contributed by atoms with van der Waals surface area (Å²) in [7, 11) is -3.53. The van der Waals surface area contributed by atoms with Gasteiger partial charge in [-0.05, 0) is 68.6 Å². The van der Waals surface area contributed by atoms with E-state index in [0.717, 1.165) is 31.6 Å². The molecule has 1 amide bonds. The molecule has 4 rings (SSSR count). The highest BCUT2D eigenvalue weighted by Crippen LogP contribution is 2.44. The zero-order valence-corrected chi connectivity index (χ0v) is 16.2. The van der Waals surface area contributed by atoms with E-state index in [9.17, 15) is 13.2 Å². The van der Waals surface area contributed by atoms with Gasteiger partial charge in [0.15, 0.2) is 0 Å². The van der Waals surface area contributed by atoms with Crippen molar-refractivity contribution in [1.29, 1.82) is 0 Å². The van der Waals surface area contributed by atoms with E-state index >= 15 is 0 Å². The summed E-state index contributed by atoms with van der Waals surface area (Å²) in [6, 6.07) is 5.33. The van der Waals surface area contributed by atoms with E-state index in [2.05, 4.69) is 5.32 Å². The molecule has 0 spiro atoms. The summed E-state index contributed by atoms with van der Waals surface area (Å²) in [5.74, 6) is 1.22. The van der Waals surface area contributed by atoms with Crippen LogP contribution in [0.4, 0.5) is 0 Å². The fourth-order valence-electron chi connectivity index (χ4n) is 4.94. The van der Waals surface area contributed by atoms with Crippen molar-refractivity contribution in [3.8, 4) is 0 Å². The third kappa shape index (κ3) is 3.29. The molecule has 5 nitrogen and oxygen atoms in total. The van der Waals surface area contributed by atoms with E-state index in [1.54, 1.807) is 29.4 Å². The van der Waals surface area contributed by atoms with Crippen molar-refractivity contribution < 1.29 is 13.2 Å². The molecule has 1 aromatic carbocycles. The van der Waals surface area contributed by atoms with E-state index in [4.69, 9.17) is 0 Å². The van der Waals surface area contributed by atoms with Crippen molar-refractivity contribution in [3.63, 3.8) is 0 Å². The number of nitrogens with one attached hydrogen (secondary N) is 1. The highest BCUT2D eigenvalue weighted by molar-refractivity contribution is 7.89. The summed E-state index contributed by atoms with van der Waals surface area (Å²) in [5, 5.41) is 3.16. The fourth-order valence-corrected chi connectivity index (χ4v) is 6.70. The number of aryl methyl sites for hydroxylation is 1. The molecule has 26 heavy (non-hydrogen) atoms. The summed E-state index contributed by atoms with van der Waals surface area (Å²) in [4.78, 5) is 13.0. The van der Waals surface area contributed by atoms with Gasteiger partial charge in [-0.25, -0.2) is 8.42 Å². The molecule has 3 aliphatic rings. The Balaban J connectivity index is 1.54. The minimum Gasteiger partial charge on any atom is -0.349 e. The summed E-state index contributed by atoms with van der Waals surface area (Å²) < 4.78 is 27.6. The van der Waals surface area contributed by atoms with Gasteiger partial charge in [-0.2, -0.15) is 4.31 Å². The van der Waals surface area contributed by atoms with Crippen LogP contribution in [0.3, 0.4) is 0 Å². The minimum atomic E-state index is -3.53. The van der Waals surface area contributed by atoms with Gasteiger partial charge in [-0.3, -0.25) is 4.79 Å². The molecule has 1 aromatic rings. The Morgan fingerprint density at radius 3 is 2.54 bits per heavy atom. The molecular formula is C20H28N2O3S. The number of hydrogen-bond donors (Lipinski definition) is 1. The Labute approximate surface area is 156 Å². The van der Waals surface area contributed by atoms with E-state index in [1.165, 1.54) is 19.3 Å². The van der Waals surface area contributed by atoms with Crippen LogP contribution in [0.1, 0.15) is 60.9 Å². The monoisotopic (exact) mass is 376 g/mol. The predicted molar refractivity (Wildman–Crippen MR) is 100 cm³/mol. The molecule has 2 bridgehead atoms. The van der Waals surface area contributed by atoms with Crippen molar-refractivity contribution >= 4 is 15.9 Å². The summed E-state index contributed by atoms with van der Waals surface area (Å²) >= 11 is 0. The molecule has 2 aliphatic carbocycles. The lowest BCUT2D eigenvalue weighted by Crippen LogP contribution is -2.39. The van der Waals surface area contributed by atoms with Crippen LogP contribution in [0.2, 0.25) is 0 Å². The van der Waals surface area contributed by atoms with E-state index in [0.29, 0.717) is 30.1 Å². The average Bonchev–Trinajstić information content (AvgIpc) is 3.25. The zero-order chi connectivity index (χ0) is 18.3. The molecule has 0 radical (unpaired) electrons. The second-order valence-corrected chi connectivity index (χ2v) is 10.1. The van der Waals surface area contributed by atoms with E-state index < -0.39 is 10.0 Å². The molecular weight excluding hydrogens is 348 g/mol. The summed E-state index contributed by atoms with van der Waals surface area (Å²) in [6.45, 7) is 2.95. The summed E-state index contributed by atoms with van der Waals surface area (Å²) in [5.41, 5.74) is 1.15. The van der Waals surface area contributed by atoms with Crippen molar-refractivity contribution in [2.75, 3.05) is 13.1 Å². The van der Waals surface area contributed by atoms with Gasteiger partial charge in [0.1, 0.15) is 0 Å². The number of hydrogen-bond acceptors (Lipinski definition) is 3. The van der Waals surface area contributed by atoms with Crippen molar-refractivity contribution in [2.45, 2.75) is 62.8 Å². The van der Waals surface area contributed by atoms with Crippen LogP contribution in [0, 0.1) is 18.8 Å². The number of sulfonamides is 1. The third-order valence-electron chi connectivity index (χ3n) is 6.44. The first-order valence-corrected chi connectivity index (χ1v) is 11.3. The topological polar surface area (TPSA) is 66.5 Å². The molecule has 3 fully saturated rings. The fraction of sp³-hybridized carbons (Fsp3) is 0.650. The van der Waals surface area contributed by atoms with Crippen molar-refractivity contribution in [1.82, 2.24) is 9.62 Å². The Bertz CT molecular complexity index is 799. The van der Waals surface area contributed by atoms with Crippen LogP contribution in [0.15, 0.2) is 23.1 Å². The third-order valence-corrected chi connectivity index (χ3v) is 8.48. The number of benzene rings is 1. The number of nitrogens with zero attached hydrogens (tertiary/aromatic N) is 1. The second kappa shape index (κ2) is 6.97. The Morgan fingerprint density at radius 2 is 1.88 bits per heavy atom. The molecule has 0 aromatic heterocycles. The standard InChI is InChI=1S/C20H28N2O3S/c1-14-5-7-17(20(23)21-18-12-15-6-8-16(18)11-15)13-19(14)26(24,25)22-9-3-2-4-10-22/h5,7,13,15-16,18H,2-4,6,8-12H2,1H3,(H,21,23)/t15-,16-,18+/m1/s1. The first-order valence-electron chi connectivity index (χ1n) is 9.87. The lowest BCUT2D eigenvalue weighted by molar-refractivity contribution is 0.0922. The number of rotatable bonds is 4. The van der Waals surface area contributed by atoms with Crippen LogP contribution >= 0.6 is 0 Å². The Hall–Kier alpha value is -1.40. The van der Waals surface area contributed by atoms with Crippen LogP contribution in [0.25, 0.3) is 0 Å². The number of carbonyl (C=O) groups is 1. The van der Waals surface area contributed by atoms with Crippen molar-refractivity contribution in [3.05, 3.63) is 29.3 Å². The number of amides is 1. The summed E-state index contributed by atoms with van der Waals surface area (Å²) in [6.07, 6.45) is 7.69. The minimum absolute atomic E-state index is 0.141. The normalized spacial score (nSPS) is 29.0. The predicted octanol–water partition coefficient (Wildman–Crippen LogP) is 3.09. The lowest BCUT2D eigenvalue weighted by Gasteiger charge is -2.27. The highest BCUT2D eigenvalue weighted by atomic mass is 32.2. The van der Waals surface area contributed by atoms with E-state index in [-0.39, 0.29) is 16.8 Å². The van der Waals surface area contributed by atoms with Gasteiger partial charge in [0.2, 0.25) is 10.0 Å². The lowest BCUT2D eigenvalue weighted by atomic mass is 9.95. The molecule has 2 saturated carbocycles. The van der Waals surface area contributed by atoms with Gasteiger partial charge in [-0.15, -0.1) is 0 Å². The molecule has 1 heterocycles. The molecule has 3 atom stereocenters. The van der Waals surface area contributed by atoms with Crippen LogP contribution in [-0.4, -0.2) is 37.8 Å². The van der Waals surface area contributed by atoms with Crippen LogP contribution < -0.4 is 5.32 Å². The van der Waals surface area contributed by atoms with Gasteiger partial charge < -0.3 is 5.32 Å². The van der Waals surface area contributed by atoms with Crippen LogP contribution in [-0.2, 0) is 10.0 Å². The first kappa shape index (κ1) is 18.0. The average molecular weight is 377 g/mol. The molecule has 6 heteroatoms. The Morgan fingerprint density at radius 1 is 1.12 bits per heavy atom. The smallest absolute Gasteiger partial charge is 0.251 e. The van der Waals surface area contributed by atoms with Gasteiger partial charge in [0.05, 0.1) is 4.90 Å². The number of fused-ring (bicyclic) bond motifs is 2. The highest BCUT2D eigenvalue weighted by Gasteiger charge is 2.40. The first-order chi connectivity index (χ1) is 12.4. The van der Waals surface area contributed by atoms with Crippen LogP contribution in [0.5, 0.6) is 0 Å². The van der Waals surface area contributed by atoms with Gasteiger partial charge in [-0.1, -0.05) is 18.9 Å². The second-order valence-electron chi connectivity index (χ2n) is 8.20. The van der Waals surface area contributed by atoms with Gasteiger partial charge in [0.25, 0.3) is 5.91 Å². The molecule has 0 unspecified atom stereocenters. The largest absolute Gasteiger partial charge is 0.349 e. The van der Waals surface area contributed by atoms with Gasteiger partial charge in [0, 0.05) is 24.7 Å². The van der Waals surface area contributed by atoms with Crippen molar-refractivity contribution in [2.24, 2.45) is 11.8 Å². The zero-order valence-electron chi connectivity index (χ0n) is 15.4. The maximum atomic E-state index is 13.0. The SMILES string of the molecule is Cc1ccc(C(=O)N[C@H]2C[C@@H]3CC[C@@H]2C3)cc1S(=O)(=O)N1CCCCC1. The van der Waals surface area contributed by atoms with E-state index in [1.807, 2.05) is 0 Å². The molecule has 1 aliphatic heterocycles. The maximum Gasteiger partial charge on any atom is 0.251 e. The van der Waals surface area contributed by atoms with Gasteiger partial charge >= 0.3 is 0 Å². The molecule has 1 N–H and O–H groups in total. The molecule has 142 valence electrons. The number of carbonyl (C=O) groups excluding carboxylic acids is 1. The molecule has 1 saturated heterocycles. The Kier molecular flexibility index (Phi) is 4.82. The number of piperidine rings is 1. The quantitative estimate of drug-likeness (QED) is 0.878. The maximum absolute atomic E-state index is 13.0.